The molecule has 0 spiro atoms. The van der Waals surface area contributed by atoms with Gasteiger partial charge in [-0.1, -0.05) is 42.5 Å². The second-order valence-electron chi connectivity index (χ2n) is 8.03. The summed E-state index contributed by atoms with van der Waals surface area (Å²) in [5, 5.41) is 0.773. The number of ether oxygens (including phenoxy) is 1. The Bertz CT molecular complexity index is 1570. The Morgan fingerprint density at radius 2 is 1.65 bits per heavy atom. The van der Waals surface area contributed by atoms with Gasteiger partial charge in [-0.3, -0.25) is 9.36 Å². The molecule has 0 aliphatic heterocycles. The fourth-order valence-corrected chi connectivity index (χ4v) is 4.22. The smallest absolute Gasteiger partial charge is 0.416 e. The molecule has 5 rings (SSSR count). The van der Waals surface area contributed by atoms with Crippen LogP contribution in [0.3, 0.4) is 0 Å². The van der Waals surface area contributed by atoms with Gasteiger partial charge >= 0.3 is 6.18 Å². The molecule has 0 aliphatic carbocycles. The van der Waals surface area contributed by atoms with Gasteiger partial charge in [0.2, 0.25) is 0 Å². The fraction of sp³-hybridized carbons (Fsp3) is 0.154. The zero-order valence-corrected chi connectivity index (χ0v) is 18.2. The van der Waals surface area contributed by atoms with E-state index in [1.807, 2.05) is 48.5 Å². The molecule has 0 radical (unpaired) electrons. The Morgan fingerprint density at radius 3 is 2.41 bits per heavy atom. The van der Waals surface area contributed by atoms with Crippen molar-refractivity contribution in [3.05, 3.63) is 106 Å². The quantitative estimate of drug-likeness (QED) is 0.347. The first kappa shape index (κ1) is 21.8. The molecule has 0 saturated carbocycles. The molecule has 2 aromatic heterocycles. The average Bonchev–Trinajstić information content (AvgIpc) is 3.15. The predicted octanol–water partition coefficient (Wildman–Crippen LogP) is 5.48. The molecule has 0 unspecified atom stereocenters. The van der Waals surface area contributed by atoms with Crippen LogP contribution in [0.5, 0.6) is 5.75 Å². The third-order valence-corrected chi connectivity index (χ3v) is 5.82. The van der Waals surface area contributed by atoms with Crippen LogP contribution in [0.4, 0.5) is 13.2 Å². The molecule has 2 heterocycles. The Labute approximate surface area is 192 Å². The fourth-order valence-electron chi connectivity index (χ4n) is 4.22. The van der Waals surface area contributed by atoms with Gasteiger partial charge in [0.1, 0.15) is 16.8 Å². The average molecular weight is 463 g/mol. The largest absolute Gasteiger partial charge is 0.497 e. The molecule has 8 heteroatoms. The van der Waals surface area contributed by atoms with Crippen LogP contribution in [0.2, 0.25) is 0 Å². The summed E-state index contributed by atoms with van der Waals surface area (Å²) in [6.07, 6.45) is -2.94. The third-order valence-electron chi connectivity index (χ3n) is 5.82. The van der Waals surface area contributed by atoms with Gasteiger partial charge in [0.25, 0.3) is 5.56 Å². The maximum absolute atomic E-state index is 13.6. The van der Waals surface area contributed by atoms with Crippen LogP contribution in [-0.4, -0.2) is 21.2 Å². The summed E-state index contributed by atoms with van der Waals surface area (Å²) < 4.78 is 48.3. The maximum atomic E-state index is 13.6. The van der Waals surface area contributed by atoms with Crippen molar-refractivity contribution in [3.8, 4) is 5.75 Å². The second-order valence-corrected chi connectivity index (χ2v) is 8.03. The molecular weight excluding hydrogens is 443 g/mol. The van der Waals surface area contributed by atoms with Gasteiger partial charge in [-0.25, -0.2) is 4.98 Å². The highest BCUT2D eigenvalue weighted by atomic mass is 19.4. The Balaban J connectivity index is 1.66. The summed E-state index contributed by atoms with van der Waals surface area (Å²) in [4.78, 5) is 18.1. The molecule has 3 aromatic carbocycles. The molecule has 0 amide bonds. The number of para-hydroxylation sites is 1. The lowest BCUT2D eigenvalue weighted by atomic mass is 10.1. The van der Waals surface area contributed by atoms with Crippen molar-refractivity contribution in [3.63, 3.8) is 0 Å². The first-order chi connectivity index (χ1) is 16.3. The van der Waals surface area contributed by atoms with Crippen LogP contribution >= 0.6 is 0 Å². The van der Waals surface area contributed by atoms with E-state index in [1.165, 1.54) is 17.0 Å². The number of rotatable bonds is 5. The number of nitrogens with zero attached hydrogens (tertiary/aromatic N) is 3. The number of hydrogen-bond acceptors (Lipinski definition) is 3. The van der Waals surface area contributed by atoms with Crippen molar-refractivity contribution in [1.29, 1.82) is 0 Å². The summed E-state index contributed by atoms with van der Waals surface area (Å²) in [7, 11) is 1.57. The molecular formula is C26H20F3N3O2. The van der Waals surface area contributed by atoms with E-state index in [0.29, 0.717) is 22.3 Å². The van der Waals surface area contributed by atoms with E-state index in [4.69, 9.17) is 4.74 Å². The van der Waals surface area contributed by atoms with Crippen LogP contribution in [0.15, 0.2) is 83.9 Å². The first-order valence-corrected chi connectivity index (χ1v) is 10.6. The number of aromatic nitrogens is 3. The standard InChI is InChI=1S/C26H20F3N3O2/c1-34-20-9-5-7-18(13-20)14-31-16-30-23-21-10-2-3-11-22(21)32(24(23)25(31)33)15-17-6-4-8-19(12-17)26(27,28)29/h2-13,16H,14-15H2,1H3. The van der Waals surface area contributed by atoms with Crippen molar-refractivity contribution in [2.24, 2.45) is 0 Å². The van der Waals surface area contributed by atoms with Crippen LogP contribution in [-0.2, 0) is 19.3 Å². The van der Waals surface area contributed by atoms with Crippen molar-refractivity contribution >= 4 is 21.9 Å². The van der Waals surface area contributed by atoms with Gasteiger partial charge in [0.05, 0.1) is 31.1 Å². The predicted molar refractivity (Wildman–Crippen MR) is 124 cm³/mol. The SMILES string of the molecule is COc1cccc(Cn2cnc3c4ccccc4n(Cc4cccc(C(F)(F)F)c4)c3c2=O)c1. The van der Waals surface area contributed by atoms with Crippen molar-refractivity contribution < 1.29 is 17.9 Å². The molecule has 0 aliphatic rings. The van der Waals surface area contributed by atoms with Gasteiger partial charge in [-0.15, -0.1) is 0 Å². The molecule has 5 nitrogen and oxygen atoms in total. The van der Waals surface area contributed by atoms with Crippen LogP contribution in [0, 0.1) is 0 Å². The molecule has 34 heavy (non-hydrogen) atoms. The Hall–Kier alpha value is -4.07. The molecule has 0 saturated heterocycles. The molecule has 5 aromatic rings. The zero-order valence-electron chi connectivity index (χ0n) is 18.2. The highest BCUT2D eigenvalue weighted by Gasteiger charge is 2.30. The lowest BCUT2D eigenvalue weighted by Crippen LogP contribution is -2.23. The van der Waals surface area contributed by atoms with Crippen LogP contribution < -0.4 is 10.3 Å². The zero-order chi connectivity index (χ0) is 23.9. The van der Waals surface area contributed by atoms with E-state index in [1.54, 1.807) is 17.7 Å². The molecule has 0 fully saturated rings. The van der Waals surface area contributed by atoms with Gasteiger partial charge in [0, 0.05) is 11.9 Å². The molecule has 0 bridgehead atoms. The summed E-state index contributed by atoms with van der Waals surface area (Å²) in [6.45, 7) is 0.387. The van der Waals surface area contributed by atoms with E-state index >= 15 is 0 Å². The minimum Gasteiger partial charge on any atom is -0.497 e. The Morgan fingerprint density at radius 1 is 0.912 bits per heavy atom. The Kier molecular flexibility index (Phi) is 5.36. The van der Waals surface area contributed by atoms with Gasteiger partial charge in [-0.05, 0) is 41.5 Å². The number of benzene rings is 3. The number of methoxy groups -OCH3 is 1. The van der Waals surface area contributed by atoms with Gasteiger partial charge in [-0.2, -0.15) is 13.2 Å². The van der Waals surface area contributed by atoms with E-state index in [-0.39, 0.29) is 18.6 Å². The number of alkyl halides is 3. The highest BCUT2D eigenvalue weighted by molar-refractivity contribution is 6.05. The summed E-state index contributed by atoms with van der Waals surface area (Å²) in [5.41, 5.74) is 1.93. The lowest BCUT2D eigenvalue weighted by molar-refractivity contribution is -0.137. The number of halogens is 3. The van der Waals surface area contributed by atoms with Crippen molar-refractivity contribution in [1.82, 2.24) is 14.1 Å². The van der Waals surface area contributed by atoms with E-state index in [2.05, 4.69) is 4.98 Å². The maximum Gasteiger partial charge on any atom is 0.416 e. The highest BCUT2D eigenvalue weighted by Crippen LogP contribution is 2.31. The first-order valence-electron chi connectivity index (χ1n) is 10.6. The lowest BCUT2D eigenvalue weighted by Gasteiger charge is -2.12. The van der Waals surface area contributed by atoms with E-state index in [9.17, 15) is 18.0 Å². The summed E-state index contributed by atoms with van der Waals surface area (Å²) in [5.74, 6) is 0.679. The molecule has 0 N–H and O–H groups in total. The molecule has 172 valence electrons. The topological polar surface area (TPSA) is 49.0 Å². The summed E-state index contributed by atoms with van der Waals surface area (Å²) in [6, 6.07) is 19.9. The number of fused-ring (bicyclic) bond motifs is 3. The van der Waals surface area contributed by atoms with Crippen LogP contribution in [0.1, 0.15) is 16.7 Å². The minimum absolute atomic E-state index is 0.105. The minimum atomic E-state index is -4.44. The second kappa shape index (κ2) is 8.37. The normalized spacial score (nSPS) is 11.9. The number of hydrogen-bond donors (Lipinski definition) is 0. The van der Waals surface area contributed by atoms with E-state index < -0.39 is 11.7 Å². The van der Waals surface area contributed by atoms with E-state index in [0.717, 1.165) is 28.6 Å². The van der Waals surface area contributed by atoms with Gasteiger partial charge in [0.15, 0.2) is 0 Å². The third kappa shape index (κ3) is 3.91. The van der Waals surface area contributed by atoms with Crippen molar-refractivity contribution in [2.75, 3.05) is 7.11 Å². The summed E-state index contributed by atoms with van der Waals surface area (Å²) >= 11 is 0. The van der Waals surface area contributed by atoms with Gasteiger partial charge < -0.3 is 9.30 Å². The van der Waals surface area contributed by atoms with Crippen molar-refractivity contribution in [2.45, 2.75) is 19.3 Å². The molecule has 0 atom stereocenters. The monoisotopic (exact) mass is 463 g/mol. The van der Waals surface area contributed by atoms with Crippen LogP contribution in [0.25, 0.3) is 21.9 Å².